The number of hydrogen-bond donors (Lipinski definition) is 2. The van der Waals surface area contributed by atoms with Crippen LogP contribution in [0.4, 0.5) is 10.1 Å². The number of benzene rings is 3. The Kier molecular flexibility index (Phi) is 5.41. The van der Waals surface area contributed by atoms with Crippen LogP contribution in [0.25, 0.3) is 0 Å². The summed E-state index contributed by atoms with van der Waals surface area (Å²) in [7, 11) is -4.06. The molecule has 8 heteroatoms. The Morgan fingerprint density at radius 3 is 2.60 bits per heavy atom. The number of carbonyl (C=O) groups is 1. The smallest absolute Gasteiger partial charge is 0.262 e. The maximum Gasteiger partial charge on any atom is 0.262 e. The van der Waals surface area contributed by atoms with E-state index in [0.717, 1.165) is 17.4 Å². The van der Waals surface area contributed by atoms with E-state index >= 15 is 0 Å². The quantitative estimate of drug-likeness (QED) is 0.649. The number of ether oxygens (including phenoxy) is 1. The number of anilines is 1. The second-order valence-electron chi connectivity index (χ2n) is 6.81. The van der Waals surface area contributed by atoms with Gasteiger partial charge < -0.3 is 10.1 Å². The fourth-order valence-electron chi connectivity index (χ4n) is 3.29. The van der Waals surface area contributed by atoms with Crippen molar-refractivity contribution in [3.63, 3.8) is 0 Å². The molecule has 6 nitrogen and oxygen atoms in total. The molecule has 0 radical (unpaired) electrons. The maximum absolute atomic E-state index is 13.8. The van der Waals surface area contributed by atoms with E-state index < -0.39 is 21.7 Å². The topological polar surface area (TPSA) is 84.5 Å². The zero-order valence-corrected chi connectivity index (χ0v) is 16.7. The lowest BCUT2D eigenvalue weighted by Crippen LogP contribution is -2.32. The van der Waals surface area contributed by atoms with E-state index in [2.05, 4.69) is 10.0 Å². The van der Waals surface area contributed by atoms with Gasteiger partial charge in [-0.2, -0.15) is 0 Å². The Morgan fingerprint density at radius 1 is 1.00 bits per heavy atom. The normalized spacial score (nSPS) is 15.6. The molecular formula is C22H19FN2O4S. The van der Waals surface area contributed by atoms with Crippen molar-refractivity contribution in [1.82, 2.24) is 5.32 Å². The second kappa shape index (κ2) is 8.16. The largest absolute Gasteiger partial charge is 0.493 e. The van der Waals surface area contributed by atoms with E-state index in [1.54, 1.807) is 0 Å². The van der Waals surface area contributed by atoms with Crippen molar-refractivity contribution in [3.05, 3.63) is 89.7 Å². The molecule has 0 saturated heterocycles. The first-order chi connectivity index (χ1) is 14.4. The molecule has 0 bridgehead atoms. The van der Waals surface area contributed by atoms with Gasteiger partial charge in [-0.15, -0.1) is 0 Å². The van der Waals surface area contributed by atoms with Crippen molar-refractivity contribution in [2.75, 3.05) is 11.3 Å². The Balaban J connectivity index is 1.55. The van der Waals surface area contributed by atoms with Gasteiger partial charge in [0, 0.05) is 17.5 Å². The molecule has 1 aliphatic rings. The van der Waals surface area contributed by atoms with Crippen LogP contribution in [0.1, 0.15) is 28.4 Å². The zero-order valence-electron chi connectivity index (χ0n) is 15.8. The van der Waals surface area contributed by atoms with E-state index in [0.29, 0.717) is 13.0 Å². The van der Waals surface area contributed by atoms with Crippen LogP contribution in [0.2, 0.25) is 0 Å². The molecule has 0 aromatic heterocycles. The predicted molar refractivity (Wildman–Crippen MR) is 110 cm³/mol. The van der Waals surface area contributed by atoms with Gasteiger partial charge in [-0.25, -0.2) is 12.8 Å². The molecule has 2 N–H and O–H groups in total. The zero-order chi connectivity index (χ0) is 21.1. The minimum Gasteiger partial charge on any atom is -0.493 e. The predicted octanol–water partition coefficient (Wildman–Crippen LogP) is 3.88. The molecule has 0 fully saturated rings. The van der Waals surface area contributed by atoms with Crippen LogP contribution in [-0.2, 0) is 10.0 Å². The van der Waals surface area contributed by atoms with Gasteiger partial charge in [0.1, 0.15) is 11.6 Å². The molecule has 1 aliphatic heterocycles. The first-order valence-corrected chi connectivity index (χ1v) is 10.8. The summed E-state index contributed by atoms with van der Waals surface area (Å²) in [4.78, 5) is 12.7. The first kappa shape index (κ1) is 19.9. The van der Waals surface area contributed by atoms with Gasteiger partial charge in [-0.05, 0) is 36.4 Å². The molecular weight excluding hydrogens is 407 g/mol. The summed E-state index contributed by atoms with van der Waals surface area (Å²) in [6.45, 7) is 0.475. The lowest BCUT2D eigenvalue weighted by molar-refractivity contribution is 0.0924. The number of halogens is 1. The van der Waals surface area contributed by atoms with Gasteiger partial charge in [0.05, 0.1) is 23.2 Å². The van der Waals surface area contributed by atoms with Gasteiger partial charge in [-0.1, -0.05) is 36.4 Å². The Labute approximate surface area is 173 Å². The van der Waals surface area contributed by atoms with E-state index in [1.165, 1.54) is 42.5 Å². The van der Waals surface area contributed by atoms with Crippen molar-refractivity contribution >= 4 is 21.6 Å². The molecule has 3 aromatic carbocycles. The third-order valence-electron chi connectivity index (χ3n) is 4.79. The Bertz CT molecular complexity index is 1200. The van der Waals surface area contributed by atoms with Crippen LogP contribution in [0.3, 0.4) is 0 Å². The minimum absolute atomic E-state index is 0.134. The molecule has 3 aromatic rings. The number of carbonyl (C=O) groups excluding carboxylic acids is 1. The number of rotatable bonds is 5. The standard InChI is InChI=1S/C22H19FN2O4S/c23-18-9-2-3-10-20(18)25-30(27,28)16-7-5-6-15(14-16)22(26)24-19-12-13-29-21-11-4-1-8-17(19)21/h1-11,14,19,25H,12-13H2,(H,24,26)/t19-/m0/s1. The van der Waals surface area contributed by atoms with Gasteiger partial charge in [0.2, 0.25) is 0 Å². The summed E-state index contributed by atoms with van der Waals surface area (Å²) < 4.78 is 47.0. The highest BCUT2D eigenvalue weighted by atomic mass is 32.2. The SMILES string of the molecule is O=C(N[C@H]1CCOc2ccccc21)c1cccc(S(=O)(=O)Nc2ccccc2F)c1. The lowest BCUT2D eigenvalue weighted by atomic mass is 10.00. The highest BCUT2D eigenvalue weighted by molar-refractivity contribution is 7.92. The fourth-order valence-corrected chi connectivity index (χ4v) is 4.40. The third kappa shape index (κ3) is 4.13. The summed E-state index contributed by atoms with van der Waals surface area (Å²) in [6.07, 6.45) is 0.607. The molecule has 1 atom stereocenters. The van der Waals surface area contributed by atoms with Crippen LogP contribution in [0, 0.1) is 5.82 Å². The van der Waals surface area contributed by atoms with Crippen molar-refractivity contribution < 1.29 is 22.3 Å². The summed E-state index contributed by atoms with van der Waals surface area (Å²) in [5.74, 6) is -0.368. The number of amides is 1. The number of para-hydroxylation sites is 2. The van der Waals surface area contributed by atoms with Gasteiger partial charge in [0.15, 0.2) is 0 Å². The molecule has 1 amide bonds. The molecule has 154 valence electrons. The van der Waals surface area contributed by atoms with E-state index in [1.807, 2.05) is 24.3 Å². The number of nitrogens with one attached hydrogen (secondary N) is 2. The first-order valence-electron chi connectivity index (χ1n) is 9.34. The van der Waals surface area contributed by atoms with Crippen LogP contribution >= 0.6 is 0 Å². The number of fused-ring (bicyclic) bond motifs is 1. The summed E-state index contributed by atoms with van der Waals surface area (Å²) in [5.41, 5.74) is 0.906. The summed E-state index contributed by atoms with van der Waals surface area (Å²) in [6, 6.07) is 18.3. The average molecular weight is 426 g/mol. The van der Waals surface area contributed by atoms with E-state index in [9.17, 15) is 17.6 Å². The lowest BCUT2D eigenvalue weighted by Gasteiger charge is -2.26. The van der Waals surface area contributed by atoms with Crippen molar-refractivity contribution in [3.8, 4) is 5.75 Å². The summed E-state index contributed by atoms with van der Waals surface area (Å²) >= 11 is 0. The van der Waals surface area contributed by atoms with Gasteiger partial charge in [-0.3, -0.25) is 9.52 Å². The molecule has 0 spiro atoms. The molecule has 0 saturated carbocycles. The van der Waals surface area contributed by atoms with Crippen molar-refractivity contribution in [2.45, 2.75) is 17.4 Å². The molecule has 4 rings (SSSR count). The monoisotopic (exact) mass is 426 g/mol. The third-order valence-corrected chi connectivity index (χ3v) is 6.15. The van der Waals surface area contributed by atoms with Crippen LogP contribution in [-0.4, -0.2) is 20.9 Å². The van der Waals surface area contributed by atoms with Gasteiger partial charge in [0.25, 0.3) is 15.9 Å². The average Bonchev–Trinajstić information content (AvgIpc) is 2.75. The number of sulfonamides is 1. The van der Waals surface area contributed by atoms with Crippen molar-refractivity contribution in [2.24, 2.45) is 0 Å². The van der Waals surface area contributed by atoms with E-state index in [-0.39, 0.29) is 22.2 Å². The Hall–Kier alpha value is -3.39. The highest BCUT2D eigenvalue weighted by Gasteiger charge is 2.24. The van der Waals surface area contributed by atoms with Crippen LogP contribution in [0.5, 0.6) is 5.75 Å². The minimum atomic E-state index is -4.06. The van der Waals surface area contributed by atoms with Crippen LogP contribution < -0.4 is 14.8 Å². The van der Waals surface area contributed by atoms with E-state index in [4.69, 9.17) is 4.74 Å². The van der Waals surface area contributed by atoms with Crippen molar-refractivity contribution in [1.29, 1.82) is 0 Å². The summed E-state index contributed by atoms with van der Waals surface area (Å²) in [5, 5.41) is 2.93. The molecule has 0 aliphatic carbocycles. The Morgan fingerprint density at radius 2 is 1.77 bits per heavy atom. The van der Waals surface area contributed by atoms with Crippen LogP contribution in [0.15, 0.2) is 77.7 Å². The fraction of sp³-hybridized carbons (Fsp3) is 0.136. The number of hydrogen-bond acceptors (Lipinski definition) is 4. The molecule has 0 unspecified atom stereocenters. The highest BCUT2D eigenvalue weighted by Crippen LogP contribution is 2.31. The molecule has 30 heavy (non-hydrogen) atoms. The maximum atomic E-state index is 13.8. The second-order valence-corrected chi connectivity index (χ2v) is 8.50. The van der Waals surface area contributed by atoms with Gasteiger partial charge >= 0.3 is 0 Å². The molecule has 1 heterocycles.